The summed E-state index contributed by atoms with van der Waals surface area (Å²) in [5, 5.41) is 3.31. The van der Waals surface area contributed by atoms with Crippen LogP contribution in [0, 0.1) is 6.92 Å². The first-order chi connectivity index (χ1) is 7.20. The van der Waals surface area contributed by atoms with E-state index >= 15 is 0 Å². The zero-order chi connectivity index (χ0) is 10.8. The number of rotatable bonds is 2. The number of hydrogen-bond acceptors (Lipinski definition) is 3. The Morgan fingerprint density at radius 3 is 3.00 bits per heavy atom. The summed E-state index contributed by atoms with van der Waals surface area (Å²) in [5.74, 6) is 1.07. The number of likely N-dealkylation sites (N-methyl/N-ethyl adjacent to an activating group) is 1. The summed E-state index contributed by atoms with van der Waals surface area (Å²) in [6, 6.07) is 2.72. The summed E-state index contributed by atoms with van der Waals surface area (Å²) >= 11 is 3.57. The average Bonchev–Trinajstić information content (AvgIpc) is 2.66. The molecule has 0 aromatic carbocycles. The van der Waals surface area contributed by atoms with E-state index in [1.54, 1.807) is 0 Å². The molecule has 15 heavy (non-hydrogen) atoms. The van der Waals surface area contributed by atoms with Crippen LogP contribution in [0.5, 0.6) is 0 Å². The van der Waals surface area contributed by atoms with Crippen molar-refractivity contribution in [2.24, 2.45) is 0 Å². The van der Waals surface area contributed by atoms with Gasteiger partial charge in [0, 0.05) is 25.3 Å². The molecule has 0 aliphatic carbocycles. The van der Waals surface area contributed by atoms with Crippen molar-refractivity contribution in [3.05, 3.63) is 22.3 Å². The fourth-order valence-electron chi connectivity index (χ4n) is 1.95. The second-order valence-electron chi connectivity index (χ2n) is 4.04. The molecule has 1 N–H and O–H groups in total. The fraction of sp³-hybridized carbons (Fsp3) is 0.545. The van der Waals surface area contributed by atoms with E-state index in [0.29, 0.717) is 6.04 Å². The third-order valence-corrected chi connectivity index (χ3v) is 3.44. The van der Waals surface area contributed by atoms with Crippen LogP contribution >= 0.6 is 15.9 Å². The minimum absolute atomic E-state index is 0.597. The summed E-state index contributed by atoms with van der Waals surface area (Å²) in [6.07, 6.45) is 3.12. The molecular weight excluding hydrogens is 254 g/mol. The Labute approximate surface area is 99.0 Å². The van der Waals surface area contributed by atoms with Crippen molar-refractivity contribution in [1.82, 2.24) is 10.3 Å². The average molecular weight is 270 g/mol. The number of nitrogens with zero attached hydrogens (tertiary/aromatic N) is 2. The Morgan fingerprint density at radius 1 is 1.60 bits per heavy atom. The molecule has 1 atom stereocenters. The lowest BCUT2D eigenvalue weighted by Crippen LogP contribution is -2.30. The molecule has 1 unspecified atom stereocenters. The Kier molecular flexibility index (Phi) is 3.26. The standard InChI is InChI=1S/C11H16BrN3/c1-8-5-10(12)11(14-6-8)15-4-3-9(7-15)13-2/h5-6,9,13H,3-4,7H2,1-2H3. The van der Waals surface area contributed by atoms with E-state index in [4.69, 9.17) is 0 Å². The minimum Gasteiger partial charge on any atom is -0.354 e. The van der Waals surface area contributed by atoms with Crippen LogP contribution in [0.3, 0.4) is 0 Å². The van der Waals surface area contributed by atoms with Crippen LogP contribution in [0.25, 0.3) is 0 Å². The summed E-state index contributed by atoms with van der Waals surface area (Å²) < 4.78 is 1.10. The van der Waals surface area contributed by atoms with Crippen molar-refractivity contribution in [3.8, 4) is 0 Å². The first kappa shape index (κ1) is 10.9. The molecule has 3 nitrogen and oxygen atoms in total. The van der Waals surface area contributed by atoms with Gasteiger partial charge in [-0.15, -0.1) is 0 Å². The van der Waals surface area contributed by atoms with Gasteiger partial charge in [0.25, 0.3) is 0 Å². The third kappa shape index (κ3) is 2.32. The molecule has 2 heterocycles. The van der Waals surface area contributed by atoms with E-state index < -0.39 is 0 Å². The van der Waals surface area contributed by atoms with E-state index in [-0.39, 0.29) is 0 Å². The van der Waals surface area contributed by atoms with Gasteiger partial charge in [0.05, 0.1) is 4.47 Å². The van der Waals surface area contributed by atoms with Gasteiger partial charge >= 0.3 is 0 Å². The maximum absolute atomic E-state index is 4.48. The molecule has 0 saturated carbocycles. The van der Waals surface area contributed by atoms with Crippen LogP contribution in [0.4, 0.5) is 5.82 Å². The molecule has 4 heteroatoms. The molecular formula is C11H16BrN3. The highest BCUT2D eigenvalue weighted by Crippen LogP contribution is 2.27. The van der Waals surface area contributed by atoms with Gasteiger partial charge in [-0.25, -0.2) is 4.98 Å². The molecule has 0 spiro atoms. The van der Waals surface area contributed by atoms with Gasteiger partial charge in [0.2, 0.25) is 0 Å². The molecule has 0 bridgehead atoms. The Hall–Kier alpha value is -0.610. The van der Waals surface area contributed by atoms with E-state index in [1.165, 1.54) is 12.0 Å². The van der Waals surface area contributed by atoms with Gasteiger partial charge in [-0.05, 0) is 48.0 Å². The molecule has 1 fully saturated rings. The summed E-state index contributed by atoms with van der Waals surface area (Å²) in [4.78, 5) is 6.80. The molecule has 2 rings (SSSR count). The van der Waals surface area contributed by atoms with Gasteiger partial charge in [-0.3, -0.25) is 0 Å². The van der Waals surface area contributed by atoms with Gasteiger partial charge < -0.3 is 10.2 Å². The number of hydrogen-bond donors (Lipinski definition) is 1. The number of halogens is 1. The lowest BCUT2D eigenvalue weighted by molar-refractivity contribution is 0.616. The summed E-state index contributed by atoms with van der Waals surface area (Å²) in [6.45, 7) is 4.19. The normalized spacial score (nSPS) is 21.0. The Bertz CT molecular complexity index is 354. The van der Waals surface area contributed by atoms with Crippen LogP contribution in [-0.4, -0.2) is 31.2 Å². The molecule has 1 aliphatic rings. The van der Waals surface area contributed by atoms with Crippen LogP contribution in [0.1, 0.15) is 12.0 Å². The SMILES string of the molecule is CNC1CCN(c2ncc(C)cc2Br)C1. The quantitative estimate of drug-likeness (QED) is 0.890. The molecule has 1 aromatic heterocycles. The van der Waals surface area contributed by atoms with Gasteiger partial charge in [-0.2, -0.15) is 0 Å². The first-order valence-corrected chi connectivity index (χ1v) is 6.04. The summed E-state index contributed by atoms with van der Waals surface area (Å²) in [5.41, 5.74) is 1.19. The number of pyridine rings is 1. The Balaban J connectivity index is 2.17. The predicted molar refractivity (Wildman–Crippen MR) is 66.4 cm³/mol. The molecule has 1 aromatic rings. The zero-order valence-corrected chi connectivity index (χ0v) is 10.7. The summed E-state index contributed by atoms with van der Waals surface area (Å²) in [7, 11) is 2.02. The third-order valence-electron chi connectivity index (χ3n) is 2.85. The number of anilines is 1. The molecule has 0 radical (unpaired) electrons. The van der Waals surface area contributed by atoms with E-state index in [1.807, 2.05) is 13.2 Å². The van der Waals surface area contributed by atoms with Crippen LogP contribution in [0.2, 0.25) is 0 Å². The van der Waals surface area contributed by atoms with Crippen LogP contribution in [-0.2, 0) is 0 Å². The first-order valence-electron chi connectivity index (χ1n) is 5.25. The highest BCUT2D eigenvalue weighted by molar-refractivity contribution is 9.10. The Morgan fingerprint density at radius 2 is 2.40 bits per heavy atom. The van der Waals surface area contributed by atoms with Gasteiger partial charge in [0.15, 0.2) is 0 Å². The second-order valence-corrected chi connectivity index (χ2v) is 4.89. The van der Waals surface area contributed by atoms with Crippen molar-refractivity contribution in [2.75, 3.05) is 25.0 Å². The maximum Gasteiger partial charge on any atom is 0.142 e. The molecule has 1 saturated heterocycles. The van der Waals surface area contributed by atoms with Crippen molar-refractivity contribution in [3.63, 3.8) is 0 Å². The van der Waals surface area contributed by atoms with E-state index in [0.717, 1.165) is 23.4 Å². The minimum atomic E-state index is 0.597. The lowest BCUT2D eigenvalue weighted by Gasteiger charge is -2.18. The van der Waals surface area contributed by atoms with Crippen LogP contribution < -0.4 is 10.2 Å². The molecule has 1 aliphatic heterocycles. The van der Waals surface area contributed by atoms with Crippen LogP contribution in [0.15, 0.2) is 16.7 Å². The van der Waals surface area contributed by atoms with E-state index in [2.05, 4.69) is 44.1 Å². The van der Waals surface area contributed by atoms with Crippen molar-refractivity contribution < 1.29 is 0 Å². The smallest absolute Gasteiger partial charge is 0.142 e. The van der Waals surface area contributed by atoms with Crippen molar-refractivity contribution >= 4 is 21.7 Å². The van der Waals surface area contributed by atoms with Gasteiger partial charge in [-0.1, -0.05) is 0 Å². The molecule has 0 amide bonds. The largest absolute Gasteiger partial charge is 0.354 e. The zero-order valence-electron chi connectivity index (χ0n) is 9.13. The number of aromatic nitrogens is 1. The van der Waals surface area contributed by atoms with Gasteiger partial charge in [0.1, 0.15) is 5.82 Å². The highest BCUT2D eigenvalue weighted by atomic mass is 79.9. The maximum atomic E-state index is 4.48. The van der Waals surface area contributed by atoms with Crippen molar-refractivity contribution in [1.29, 1.82) is 0 Å². The van der Waals surface area contributed by atoms with Crippen molar-refractivity contribution in [2.45, 2.75) is 19.4 Å². The number of nitrogens with one attached hydrogen (secondary N) is 1. The predicted octanol–water partition coefficient (Wildman–Crippen LogP) is 1.95. The number of aryl methyl sites for hydroxylation is 1. The topological polar surface area (TPSA) is 28.2 Å². The highest BCUT2D eigenvalue weighted by Gasteiger charge is 2.23. The van der Waals surface area contributed by atoms with E-state index in [9.17, 15) is 0 Å². The second kappa shape index (κ2) is 4.49. The lowest BCUT2D eigenvalue weighted by atomic mass is 10.3. The molecule has 82 valence electrons. The monoisotopic (exact) mass is 269 g/mol. The fourth-order valence-corrected chi connectivity index (χ4v) is 2.66.